The van der Waals surface area contributed by atoms with Gasteiger partial charge in [0.1, 0.15) is 11.5 Å². The Bertz CT molecular complexity index is 2420. The molecular weight excluding hydrogens is 621 g/mol. The number of pyridine rings is 1. The highest BCUT2D eigenvalue weighted by Gasteiger charge is 2.23. The summed E-state index contributed by atoms with van der Waals surface area (Å²) in [5.41, 5.74) is 10.5. The molecule has 1 N–H and O–H groups in total. The maximum Gasteiger partial charge on any atom is 0.164 e. The zero-order valence-corrected chi connectivity index (χ0v) is 27.1. The molecule has 0 spiro atoms. The normalized spacial score (nSPS) is 12.3. The Morgan fingerprint density at radius 1 is 0.469 bits per heavy atom. The van der Waals surface area contributed by atoms with Gasteiger partial charge >= 0.3 is 0 Å². The Morgan fingerprint density at radius 3 is 1.61 bits per heavy atom. The Kier molecular flexibility index (Phi) is 7.29. The van der Waals surface area contributed by atoms with Crippen LogP contribution in [0.5, 0.6) is 0 Å². The van der Waals surface area contributed by atoms with Crippen LogP contribution < -0.4 is 5.32 Å². The minimum absolute atomic E-state index is 0.518. The molecule has 5 aromatic carbocycles. The third kappa shape index (κ3) is 5.56. The molecule has 1 aliphatic rings. The minimum Gasteiger partial charge on any atom is -0.364 e. The second-order valence-corrected chi connectivity index (χ2v) is 12.8. The van der Waals surface area contributed by atoms with E-state index in [2.05, 4.69) is 84.2 Å². The van der Waals surface area contributed by atoms with Crippen LogP contribution in [-0.4, -0.2) is 32.3 Å². The molecule has 0 radical (unpaired) electrons. The summed E-state index contributed by atoms with van der Waals surface area (Å²) in [6, 6.07) is 49.8. The molecule has 0 bridgehead atoms. The largest absolute Gasteiger partial charge is 0.364 e. The monoisotopic (exact) mass is 648 g/mol. The fraction of sp³-hybridized carbons (Fsp3) is 0.0238. The molecule has 232 valence electrons. The first-order valence-electron chi connectivity index (χ1n) is 16.1. The molecule has 0 unspecified atom stereocenters. The number of rotatable bonds is 6. The summed E-state index contributed by atoms with van der Waals surface area (Å²) in [5, 5.41) is 4.64. The van der Waals surface area contributed by atoms with E-state index in [1.54, 1.807) is 11.3 Å². The maximum atomic E-state index is 4.92. The Labute approximate surface area is 287 Å². The van der Waals surface area contributed by atoms with Crippen molar-refractivity contribution in [3.8, 4) is 56.4 Å². The average Bonchev–Trinajstić information content (AvgIpc) is 3.57. The number of nitrogens with zero attached hydrogens (tertiary/aromatic N) is 5. The molecule has 6 nitrogen and oxygen atoms in total. The number of hydrogen-bond donors (Lipinski definition) is 1. The quantitative estimate of drug-likeness (QED) is 0.194. The molecule has 0 saturated carbocycles. The zero-order chi connectivity index (χ0) is 32.6. The lowest BCUT2D eigenvalue weighted by Gasteiger charge is -2.16. The lowest BCUT2D eigenvalue weighted by atomic mass is 9.99. The fourth-order valence-electron chi connectivity index (χ4n) is 6.20. The van der Waals surface area contributed by atoms with Gasteiger partial charge < -0.3 is 5.32 Å². The van der Waals surface area contributed by atoms with Crippen molar-refractivity contribution in [2.24, 2.45) is 4.99 Å². The van der Waals surface area contributed by atoms with Gasteiger partial charge in [0.15, 0.2) is 17.5 Å². The second kappa shape index (κ2) is 12.4. The number of anilines is 1. The predicted molar refractivity (Wildman–Crippen MR) is 201 cm³/mol. The van der Waals surface area contributed by atoms with Crippen LogP contribution in [0.4, 0.5) is 5.69 Å². The smallest absolute Gasteiger partial charge is 0.164 e. The molecule has 8 aromatic rings. The van der Waals surface area contributed by atoms with E-state index in [0.717, 1.165) is 59.9 Å². The highest BCUT2D eigenvalue weighted by molar-refractivity contribution is 7.21. The van der Waals surface area contributed by atoms with Crippen LogP contribution in [0.1, 0.15) is 10.4 Å². The lowest BCUT2D eigenvalue weighted by Crippen LogP contribution is -2.14. The molecule has 0 saturated heterocycles. The molecule has 1 aliphatic heterocycles. The van der Waals surface area contributed by atoms with Gasteiger partial charge in [-0.1, -0.05) is 133 Å². The summed E-state index contributed by atoms with van der Waals surface area (Å²) in [7, 11) is 0. The van der Waals surface area contributed by atoms with Gasteiger partial charge in [0, 0.05) is 39.4 Å². The molecule has 0 amide bonds. The molecule has 4 heterocycles. The maximum absolute atomic E-state index is 4.92. The predicted octanol–water partition coefficient (Wildman–Crippen LogP) is 10.0. The average molecular weight is 649 g/mol. The third-order valence-electron chi connectivity index (χ3n) is 8.67. The summed E-state index contributed by atoms with van der Waals surface area (Å²) in [4.78, 5) is 26.5. The first-order chi connectivity index (χ1) is 24.3. The first kappa shape index (κ1) is 28.9. The van der Waals surface area contributed by atoms with Crippen LogP contribution in [0.25, 0.3) is 66.6 Å². The standard InChI is InChI=1S/C42H28N6S/c1-4-11-27(12-5-1)32-17-10-18-33(23-32)36-38-37(45-26-44-36)35-24-34(25-43-42(35)49-38)28-19-21-31(22-20-28)41-47-39(29-13-6-2-7-14-29)46-40(48-41)30-15-8-3-9-16-30/h1-25,45H,26H2. The summed E-state index contributed by atoms with van der Waals surface area (Å²) in [6.07, 6.45) is 1.95. The van der Waals surface area contributed by atoms with Crippen LogP contribution in [0, 0.1) is 0 Å². The van der Waals surface area contributed by atoms with Gasteiger partial charge in [0.25, 0.3) is 0 Å². The zero-order valence-electron chi connectivity index (χ0n) is 26.3. The van der Waals surface area contributed by atoms with E-state index in [9.17, 15) is 0 Å². The molecule has 49 heavy (non-hydrogen) atoms. The van der Waals surface area contributed by atoms with Gasteiger partial charge in [0.05, 0.1) is 16.3 Å². The van der Waals surface area contributed by atoms with E-state index < -0.39 is 0 Å². The van der Waals surface area contributed by atoms with Crippen molar-refractivity contribution in [3.63, 3.8) is 0 Å². The van der Waals surface area contributed by atoms with E-state index in [4.69, 9.17) is 24.9 Å². The van der Waals surface area contributed by atoms with Crippen LogP contribution in [-0.2, 0) is 0 Å². The van der Waals surface area contributed by atoms with Gasteiger partial charge in [-0.15, -0.1) is 11.3 Å². The van der Waals surface area contributed by atoms with Crippen molar-refractivity contribution in [1.82, 2.24) is 19.9 Å². The fourth-order valence-corrected chi connectivity index (χ4v) is 7.33. The third-order valence-corrected chi connectivity index (χ3v) is 9.79. The number of fused-ring (bicyclic) bond motifs is 3. The van der Waals surface area contributed by atoms with E-state index in [0.29, 0.717) is 24.1 Å². The van der Waals surface area contributed by atoms with Crippen LogP contribution in [0.3, 0.4) is 0 Å². The van der Waals surface area contributed by atoms with Crippen molar-refractivity contribution in [2.45, 2.75) is 0 Å². The van der Waals surface area contributed by atoms with Crippen molar-refractivity contribution in [1.29, 1.82) is 0 Å². The summed E-state index contributed by atoms with van der Waals surface area (Å²) in [5.74, 6) is 1.92. The number of aromatic nitrogens is 4. The van der Waals surface area contributed by atoms with E-state index in [-0.39, 0.29) is 0 Å². The molecular formula is C42H28N6S. The highest BCUT2D eigenvalue weighted by atomic mass is 32.1. The van der Waals surface area contributed by atoms with Crippen molar-refractivity contribution in [2.75, 3.05) is 12.0 Å². The van der Waals surface area contributed by atoms with Gasteiger partial charge in [-0.2, -0.15) is 0 Å². The minimum atomic E-state index is 0.518. The van der Waals surface area contributed by atoms with E-state index >= 15 is 0 Å². The first-order valence-corrected chi connectivity index (χ1v) is 16.9. The molecule has 0 atom stereocenters. The molecule has 0 aliphatic carbocycles. The number of benzene rings is 5. The lowest BCUT2D eigenvalue weighted by molar-refractivity contribution is 1.07. The van der Waals surface area contributed by atoms with E-state index in [1.165, 1.54) is 11.1 Å². The molecule has 9 rings (SSSR count). The van der Waals surface area contributed by atoms with Crippen LogP contribution in [0.2, 0.25) is 0 Å². The SMILES string of the molecule is c1ccc(-c2cccc(C3=NCNc4c3sc3ncc(-c5ccc(-c6nc(-c7ccccc7)nc(-c7ccccc7)n6)cc5)cc43)c2)cc1. The van der Waals surface area contributed by atoms with Crippen molar-refractivity contribution < 1.29 is 0 Å². The number of thiophene rings is 1. The van der Waals surface area contributed by atoms with Crippen molar-refractivity contribution in [3.05, 3.63) is 162 Å². The van der Waals surface area contributed by atoms with Gasteiger partial charge in [-0.05, 0) is 28.8 Å². The van der Waals surface area contributed by atoms with Gasteiger partial charge in [-0.3, -0.25) is 4.99 Å². The highest BCUT2D eigenvalue weighted by Crippen LogP contribution is 2.40. The van der Waals surface area contributed by atoms with Crippen LogP contribution >= 0.6 is 11.3 Å². The topological polar surface area (TPSA) is 76.0 Å². The number of hydrogen-bond acceptors (Lipinski definition) is 7. The summed E-state index contributed by atoms with van der Waals surface area (Å²) >= 11 is 1.68. The number of aliphatic imine (C=N–C) groups is 1. The molecule has 3 aromatic heterocycles. The van der Waals surface area contributed by atoms with Crippen molar-refractivity contribution >= 4 is 33.0 Å². The van der Waals surface area contributed by atoms with Gasteiger partial charge in [0.2, 0.25) is 0 Å². The Balaban J connectivity index is 1.05. The molecule has 7 heteroatoms. The van der Waals surface area contributed by atoms with Crippen LogP contribution in [0.15, 0.2) is 157 Å². The van der Waals surface area contributed by atoms with Gasteiger partial charge in [-0.25, -0.2) is 19.9 Å². The summed E-state index contributed by atoms with van der Waals surface area (Å²) < 4.78 is 0. The van der Waals surface area contributed by atoms with E-state index in [1.807, 2.05) is 72.9 Å². The number of nitrogens with one attached hydrogen (secondary N) is 1. The second-order valence-electron chi connectivity index (χ2n) is 11.8. The molecule has 0 fully saturated rings. The Hall–Kier alpha value is -6.31. The Morgan fingerprint density at radius 2 is 0.980 bits per heavy atom. The summed E-state index contributed by atoms with van der Waals surface area (Å²) in [6.45, 7) is 0.518.